The summed E-state index contributed by atoms with van der Waals surface area (Å²) in [5.74, 6) is 1.90. The van der Waals surface area contributed by atoms with Gasteiger partial charge >= 0.3 is 0 Å². The van der Waals surface area contributed by atoms with E-state index in [9.17, 15) is 0 Å². The first kappa shape index (κ1) is 12.2. The van der Waals surface area contributed by atoms with Gasteiger partial charge < -0.3 is 9.15 Å². The Morgan fingerprint density at radius 1 is 1.29 bits per heavy atom. The van der Waals surface area contributed by atoms with Crippen molar-refractivity contribution in [3.05, 3.63) is 53.5 Å². The Morgan fingerprint density at radius 2 is 2.06 bits per heavy atom. The molecule has 0 bridgehead atoms. The van der Waals surface area contributed by atoms with Crippen molar-refractivity contribution in [1.82, 2.24) is 0 Å². The van der Waals surface area contributed by atoms with Gasteiger partial charge in [-0.1, -0.05) is 34.1 Å². The third-order valence-corrected chi connectivity index (χ3v) is 3.52. The summed E-state index contributed by atoms with van der Waals surface area (Å²) in [4.78, 5) is 0.175. The third-order valence-electron chi connectivity index (χ3n) is 2.78. The fraction of sp³-hybridized carbons (Fsp3) is 0.286. The Balaban J connectivity index is 2.18. The fourth-order valence-electron chi connectivity index (χ4n) is 1.86. The van der Waals surface area contributed by atoms with Crippen molar-refractivity contribution in [3.8, 4) is 5.75 Å². The lowest BCUT2D eigenvalue weighted by Gasteiger charge is -2.11. The zero-order valence-electron chi connectivity index (χ0n) is 9.94. The topological polar surface area (TPSA) is 22.4 Å². The second-order valence-electron chi connectivity index (χ2n) is 3.95. The van der Waals surface area contributed by atoms with Gasteiger partial charge in [0.05, 0.1) is 18.2 Å². The summed E-state index contributed by atoms with van der Waals surface area (Å²) in [5.41, 5.74) is 2.34. The minimum atomic E-state index is 0.175. The van der Waals surface area contributed by atoms with Gasteiger partial charge in [-0.25, -0.2) is 0 Å². The van der Waals surface area contributed by atoms with Crippen LogP contribution in [-0.4, -0.2) is 7.11 Å². The van der Waals surface area contributed by atoms with Gasteiger partial charge in [-0.2, -0.15) is 0 Å². The summed E-state index contributed by atoms with van der Waals surface area (Å²) < 4.78 is 10.8. The quantitative estimate of drug-likeness (QED) is 0.786. The van der Waals surface area contributed by atoms with Crippen LogP contribution in [0.2, 0.25) is 0 Å². The van der Waals surface area contributed by atoms with Crippen LogP contribution in [-0.2, 0) is 6.42 Å². The molecule has 2 aromatic rings. The van der Waals surface area contributed by atoms with Gasteiger partial charge in [-0.3, -0.25) is 0 Å². The average Bonchev–Trinajstić information content (AvgIpc) is 2.76. The van der Waals surface area contributed by atoms with Crippen molar-refractivity contribution in [2.75, 3.05) is 7.11 Å². The maximum atomic E-state index is 5.48. The molecule has 2 rings (SSSR count). The lowest BCUT2D eigenvalue weighted by Crippen LogP contribution is -1.98. The molecule has 90 valence electrons. The molecule has 1 heterocycles. The van der Waals surface area contributed by atoms with E-state index in [1.807, 2.05) is 24.3 Å². The predicted octanol–water partition coefficient (Wildman–Crippen LogP) is 4.28. The van der Waals surface area contributed by atoms with E-state index in [2.05, 4.69) is 28.9 Å². The molecule has 0 aliphatic heterocycles. The first-order chi connectivity index (χ1) is 8.22. The normalized spacial score (nSPS) is 12.4. The second-order valence-corrected chi connectivity index (χ2v) is 5.06. The van der Waals surface area contributed by atoms with Crippen molar-refractivity contribution in [1.29, 1.82) is 0 Å². The van der Waals surface area contributed by atoms with Gasteiger partial charge in [0, 0.05) is 0 Å². The number of ether oxygens (including phenoxy) is 1. The van der Waals surface area contributed by atoms with Gasteiger partial charge in [0.15, 0.2) is 0 Å². The van der Waals surface area contributed by atoms with E-state index < -0.39 is 0 Å². The summed E-state index contributed by atoms with van der Waals surface area (Å²) in [5, 5.41) is 0. The molecule has 0 fully saturated rings. The van der Waals surface area contributed by atoms with Crippen LogP contribution < -0.4 is 4.74 Å². The van der Waals surface area contributed by atoms with Gasteiger partial charge in [-0.15, -0.1) is 0 Å². The molecule has 17 heavy (non-hydrogen) atoms. The van der Waals surface area contributed by atoms with Gasteiger partial charge in [0.2, 0.25) is 0 Å². The van der Waals surface area contributed by atoms with Crippen LogP contribution in [0.4, 0.5) is 0 Å². The van der Waals surface area contributed by atoms with E-state index in [1.165, 1.54) is 11.1 Å². The molecule has 0 aliphatic carbocycles. The highest BCUT2D eigenvalue weighted by Crippen LogP contribution is 2.32. The smallest absolute Gasteiger partial charge is 0.122 e. The molecule has 2 nitrogen and oxygen atoms in total. The Hall–Kier alpha value is -1.22. The lowest BCUT2D eigenvalue weighted by atomic mass is 10.1. The molecule has 1 aromatic carbocycles. The molecule has 0 N–H and O–H groups in total. The first-order valence-electron chi connectivity index (χ1n) is 5.52. The van der Waals surface area contributed by atoms with Crippen molar-refractivity contribution in [3.63, 3.8) is 0 Å². The SMILES string of the molecule is COc1ccccc1CC(Br)c1occc1C. The van der Waals surface area contributed by atoms with Crippen LogP contribution in [0.25, 0.3) is 0 Å². The maximum absolute atomic E-state index is 5.48. The molecule has 0 radical (unpaired) electrons. The summed E-state index contributed by atoms with van der Waals surface area (Å²) in [7, 11) is 1.69. The van der Waals surface area contributed by atoms with Crippen LogP contribution in [0.15, 0.2) is 41.0 Å². The lowest BCUT2D eigenvalue weighted by molar-refractivity contribution is 0.408. The fourth-order valence-corrected chi connectivity index (χ4v) is 2.68. The molecule has 0 saturated carbocycles. The zero-order chi connectivity index (χ0) is 12.3. The molecular formula is C14H15BrO2. The van der Waals surface area contributed by atoms with Crippen LogP contribution in [0.5, 0.6) is 5.75 Å². The molecule has 1 aromatic heterocycles. The highest BCUT2D eigenvalue weighted by Gasteiger charge is 2.16. The number of benzene rings is 1. The van der Waals surface area contributed by atoms with Gasteiger partial charge in [-0.05, 0) is 36.6 Å². The molecular weight excluding hydrogens is 280 g/mol. The standard InChI is InChI=1S/C14H15BrO2/c1-10-7-8-17-14(10)12(15)9-11-5-3-4-6-13(11)16-2/h3-8,12H,9H2,1-2H3. The summed E-state index contributed by atoms with van der Waals surface area (Å²) in [6, 6.07) is 10.0. The predicted molar refractivity (Wildman–Crippen MR) is 71.8 cm³/mol. The molecule has 3 heteroatoms. The molecule has 0 amide bonds. The third kappa shape index (κ3) is 2.72. The molecule has 0 saturated heterocycles. The second kappa shape index (κ2) is 5.41. The van der Waals surface area contributed by atoms with Crippen LogP contribution in [0.1, 0.15) is 21.7 Å². The monoisotopic (exact) mass is 294 g/mol. The number of rotatable bonds is 4. The number of halogens is 1. The highest BCUT2D eigenvalue weighted by molar-refractivity contribution is 9.09. The summed E-state index contributed by atoms with van der Waals surface area (Å²) in [6.45, 7) is 2.05. The van der Waals surface area contributed by atoms with Crippen LogP contribution in [0.3, 0.4) is 0 Å². The number of hydrogen-bond acceptors (Lipinski definition) is 2. The molecule has 1 atom stereocenters. The minimum Gasteiger partial charge on any atom is -0.496 e. The zero-order valence-corrected chi connectivity index (χ0v) is 11.5. The van der Waals surface area contributed by atoms with Crippen molar-refractivity contribution < 1.29 is 9.15 Å². The average molecular weight is 295 g/mol. The van der Waals surface area contributed by atoms with E-state index >= 15 is 0 Å². The largest absolute Gasteiger partial charge is 0.496 e. The highest BCUT2D eigenvalue weighted by atomic mass is 79.9. The Kier molecular flexibility index (Phi) is 3.89. The van der Waals surface area contributed by atoms with Gasteiger partial charge in [0.1, 0.15) is 11.5 Å². The number of aryl methyl sites for hydroxylation is 1. The van der Waals surface area contributed by atoms with E-state index in [1.54, 1.807) is 13.4 Å². The Labute approximate surface area is 110 Å². The number of alkyl halides is 1. The van der Waals surface area contributed by atoms with Crippen molar-refractivity contribution in [2.45, 2.75) is 18.2 Å². The van der Waals surface area contributed by atoms with Crippen molar-refractivity contribution >= 4 is 15.9 Å². The van der Waals surface area contributed by atoms with E-state index in [0.717, 1.165) is 17.9 Å². The van der Waals surface area contributed by atoms with E-state index in [4.69, 9.17) is 9.15 Å². The number of hydrogen-bond donors (Lipinski definition) is 0. The number of para-hydroxylation sites is 1. The maximum Gasteiger partial charge on any atom is 0.122 e. The van der Waals surface area contributed by atoms with Crippen LogP contribution >= 0.6 is 15.9 Å². The Bertz CT molecular complexity index is 490. The number of furan rings is 1. The Morgan fingerprint density at radius 3 is 2.71 bits per heavy atom. The van der Waals surface area contributed by atoms with Crippen LogP contribution in [0, 0.1) is 6.92 Å². The molecule has 0 spiro atoms. The minimum absolute atomic E-state index is 0.175. The van der Waals surface area contributed by atoms with E-state index in [0.29, 0.717) is 0 Å². The van der Waals surface area contributed by atoms with Gasteiger partial charge in [0.25, 0.3) is 0 Å². The summed E-state index contributed by atoms with van der Waals surface area (Å²) in [6.07, 6.45) is 2.57. The first-order valence-corrected chi connectivity index (χ1v) is 6.44. The van der Waals surface area contributed by atoms with E-state index in [-0.39, 0.29) is 4.83 Å². The number of methoxy groups -OCH3 is 1. The van der Waals surface area contributed by atoms with Crippen molar-refractivity contribution in [2.24, 2.45) is 0 Å². The molecule has 1 unspecified atom stereocenters. The summed E-state index contributed by atoms with van der Waals surface area (Å²) >= 11 is 3.67. The molecule has 0 aliphatic rings.